The quantitative estimate of drug-likeness (QED) is 0.169. The molecule has 0 radical (unpaired) electrons. The van der Waals surface area contributed by atoms with Crippen LogP contribution >= 0.6 is 0 Å². The molecule has 3 aromatic heterocycles. The molecule has 5 heteroatoms. The van der Waals surface area contributed by atoms with Crippen LogP contribution in [0.15, 0.2) is 176 Å². The molecule has 0 N–H and O–H groups in total. The van der Waals surface area contributed by atoms with Crippen LogP contribution in [0.4, 0.5) is 0 Å². The highest BCUT2D eigenvalue weighted by atomic mass is 15.0. The van der Waals surface area contributed by atoms with E-state index in [2.05, 4.69) is 103 Å². The highest BCUT2D eigenvalue weighted by Gasteiger charge is 2.18. The van der Waals surface area contributed by atoms with Crippen LogP contribution in [0.3, 0.4) is 0 Å². The summed E-state index contributed by atoms with van der Waals surface area (Å²) in [5.41, 5.74) is 10.4. The molecular formula is C45H29N5. The standard InChI is InChI=1S/C45H29N5/c1-5-13-30(14-6-1)31-21-23-36(24-22-31)44-48-43(35-19-11-4-12-20-35)49-45(50-44)38-29-40(33-17-9-3-10-18-33)47-42-37(38)27-25-34-26-28-39(46-41(34)42)32-15-7-2-8-16-32/h1-29H. The summed E-state index contributed by atoms with van der Waals surface area (Å²) in [5, 5.41) is 1.94. The van der Waals surface area contributed by atoms with Gasteiger partial charge in [-0.2, -0.15) is 0 Å². The molecule has 0 saturated carbocycles. The number of benzene rings is 6. The van der Waals surface area contributed by atoms with Gasteiger partial charge >= 0.3 is 0 Å². The van der Waals surface area contributed by atoms with Crippen molar-refractivity contribution in [2.75, 3.05) is 0 Å². The summed E-state index contributed by atoms with van der Waals surface area (Å²) < 4.78 is 0. The highest BCUT2D eigenvalue weighted by molar-refractivity contribution is 6.09. The van der Waals surface area contributed by atoms with Crippen molar-refractivity contribution in [2.45, 2.75) is 0 Å². The zero-order valence-corrected chi connectivity index (χ0v) is 27.0. The minimum absolute atomic E-state index is 0.573. The lowest BCUT2D eigenvalue weighted by Gasteiger charge is -2.14. The van der Waals surface area contributed by atoms with Gasteiger partial charge in [-0.1, -0.05) is 164 Å². The fraction of sp³-hybridized carbons (Fsp3) is 0. The van der Waals surface area contributed by atoms with Gasteiger partial charge in [0, 0.05) is 38.6 Å². The van der Waals surface area contributed by atoms with Crippen LogP contribution in [0.2, 0.25) is 0 Å². The number of pyridine rings is 2. The second-order valence-electron chi connectivity index (χ2n) is 12.1. The Morgan fingerprint density at radius 2 is 0.720 bits per heavy atom. The molecule has 0 bridgehead atoms. The van der Waals surface area contributed by atoms with Gasteiger partial charge in [-0.25, -0.2) is 24.9 Å². The number of hydrogen-bond acceptors (Lipinski definition) is 5. The van der Waals surface area contributed by atoms with Crippen molar-refractivity contribution < 1.29 is 0 Å². The summed E-state index contributed by atoms with van der Waals surface area (Å²) in [6.45, 7) is 0. The highest BCUT2D eigenvalue weighted by Crippen LogP contribution is 2.36. The average molecular weight is 640 g/mol. The van der Waals surface area contributed by atoms with Gasteiger partial charge in [-0.05, 0) is 23.3 Å². The largest absolute Gasteiger partial charge is 0.245 e. The Labute approximate surface area is 289 Å². The maximum atomic E-state index is 5.26. The van der Waals surface area contributed by atoms with Crippen LogP contribution in [0.25, 0.3) is 89.6 Å². The lowest BCUT2D eigenvalue weighted by Crippen LogP contribution is -2.02. The molecule has 0 unspecified atom stereocenters. The predicted octanol–water partition coefficient (Wildman–Crippen LogP) is 11.0. The first kappa shape index (κ1) is 29.3. The van der Waals surface area contributed by atoms with Crippen LogP contribution < -0.4 is 0 Å². The second kappa shape index (κ2) is 12.6. The Morgan fingerprint density at radius 1 is 0.280 bits per heavy atom. The molecule has 0 saturated heterocycles. The fourth-order valence-corrected chi connectivity index (χ4v) is 6.37. The van der Waals surface area contributed by atoms with Gasteiger partial charge in [-0.3, -0.25) is 0 Å². The molecule has 9 rings (SSSR count). The molecule has 6 aromatic carbocycles. The van der Waals surface area contributed by atoms with Gasteiger partial charge in [-0.15, -0.1) is 0 Å². The first-order chi connectivity index (χ1) is 24.8. The monoisotopic (exact) mass is 639 g/mol. The molecule has 0 fully saturated rings. The Bertz CT molecular complexity index is 2610. The Hall–Kier alpha value is -6.85. The van der Waals surface area contributed by atoms with Crippen LogP contribution in [0.1, 0.15) is 0 Å². The minimum atomic E-state index is 0.573. The van der Waals surface area contributed by atoms with E-state index in [1.54, 1.807) is 0 Å². The van der Waals surface area contributed by atoms with E-state index in [1.807, 2.05) is 72.8 Å². The lowest BCUT2D eigenvalue weighted by molar-refractivity contribution is 1.08. The van der Waals surface area contributed by atoms with Gasteiger partial charge < -0.3 is 0 Å². The Morgan fingerprint density at radius 3 is 1.34 bits per heavy atom. The van der Waals surface area contributed by atoms with Gasteiger partial charge in [0.15, 0.2) is 17.5 Å². The van der Waals surface area contributed by atoms with E-state index in [0.29, 0.717) is 17.5 Å². The summed E-state index contributed by atoms with van der Waals surface area (Å²) in [5.74, 6) is 1.78. The first-order valence-corrected chi connectivity index (χ1v) is 16.6. The summed E-state index contributed by atoms with van der Waals surface area (Å²) >= 11 is 0. The van der Waals surface area contributed by atoms with Crippen LogP contribution in [-0.2, 0) is 0 Å². The average Bonchev–Trinajstić information content (AvgIpc) is 3.21. The van der Waals surface area contributed by atoms with Crippen molar-refractivity contribution in [2.24, 2.45) is 0 Å². The van der Waals surface area contributed by atoms with E-state index in [9.17, 15) is 0 Å². The zero-order chi connectivity index (χ0) is 33.3. The molecule has 0 spiro atoms. The van der Waals surface area contributed by atoms with E-state index in [1.165, 1.54) is 0 Å². The van der Waals surface area contributed by atoms with Gasteiger partial charge in [0.25, 0.3) is 0 Å². The van der Waals surface area contributed by atoms with Crippen molar-refractivity contribution in [3.8, 4) is 67.8 Å². The number of rotatable bonds is 6. The van der Waals surface area contributed by atoms with Gasteiger partial charge in [0.05, 0.1) is 22.4 Å². The molecule has 0 aliphatic rings. The maximum Gasteiger partial charge on any atom is 0.164 e. The van der Waals surface area contributed by atoms with Crippen molar-refractivity contribution in [1.82, 2.24) is 24.9 Å². The van der Waals surface area contributed by atoms with E-state index in [0.717, 1.165) is 72.1 Å². The first-order valence-electron chi connectivity index (χ1n) is 16.6. The Balaban J connectivity index is 1.29. The molecule has 5 nitrogen and oxygen atoms in total. The summed E-state index contributed by atoms with van der Waals surface area (Å²) in [6.07, 6.45) is 0. The maximum absolute atomic E-state index is 5.26. The van der Waals surface area contributed by atoms with Crippen molar-refractivity contribution >= 4 is 21.8 Å². The second-order valence-corrected chi connectivity index (χ2v) is 12.1. The molecule has 234 valence electrons. The molecule has 9 aromatic rings. The number of fused-ring (bicyclic) bond motifs is 3. The van der Waals surface area contributed by atoms with Crippen molar-refractivity contribution in [3.05, 3.63) is 176 Å². The predicted molar refractivity (Wildman–Crippen MR) is 203 cm³/mol. The van der Waals surface area contributed by atoms with Crippen molar-refractivity contribution in [3.63, 3.8) is 0 Å². The normalized spacial score (nSPS) is 11.2. The topological polar surface area (TPSA) is 64.5 Å². The lowest BCUT2D eigenvalue weighted by atomic mass is 10.0. The molecule has 50 heavy (non-hydrogen) atoms. The molecule has 0 aliphatic carbocycles. The van der Waals surface area contributed by atoms with E-state index >= 15 is 0 Å². The van der Waals surface area contributed by atoms with Crippen LogP contribution in [-0.4, -0.2) is 24.9 Å². The van der Waals surface area contributed by atoms with E-state index in [4.69, 9.17) is 24.9 Å². The fourth-order valence-electron chi connectivity index (χ4n) is 6.37. The summed E-state index contributed by atoms with van der Waals surface area (Å²) in [7, 11) is 0. The molecule has 3 heterocycles. The van der Waals surface area contributed by atoms with E-state index < -0.39 is 0 Å². The number of aromatic nitrogens is 5. The summed E-state index contributed by atoms with van der Waals surface area (Å²) in [6, 6.07) is 59.8. The molecule has 0 amide bonds. The van der Waals surface area contributed by atoms with Crippen LogP contribution in [0.5, 0.6) is 0 Å². The zero-order valence-electron chi connectivity index (χ0n) is 27.0. The third-order valence-electron chi connectivity index (χ3n) is 8.94. The van der Waals surface area contributed by atoms with Gasteiger partial charge in [0.1, 0.15) is 0 Å². The van der Waals surface area contributed by atoms with E-state index in [-0.39, 0.29) is 0 Å². The smallest absolute Gasteiger partial charge is 0.164 e. The SMILES string of the molecule is c1ccc(-c2ccc(-c3nc(-c4ccccc4)nc(-c4cc(-c5ccccc5)nc5c4ccc4ccc(-c6ccccc6)nc45)n3)cc2)cc1. The summed E-state index contributed by atoms with van der Waals surface area (Å²) in [4.78, 5) is 25.7. The minimum Gasteiger partial charge on any atom is -0.245 e. The number of nitrogens with zero attached hydrogens (tertiary/aromatic N) is 5. The van der Waals surface area contributed by atoms with Gasteiger partial charge in [0.2, 0.25) is 0 Å². The third kappa shape index (κ3) is 5.57. The van der Waals surface area contributed by atoms with Crippen LogP contribution in [0, 0.1) is 0 Å². The number of hydrogen-bond donors (Lipinski definition) is 0. The molecule has 0 atom stereocenters. The molecular weight excluding hydrogens is 611 g/mol. The van der Waals surface area contributed by atoms with Crippen molar-refractivity contribution in [1.29, 1.82) is 0 Å². The Kier molecular flexibility index (Phi) is 7.41. The third-order valence-corrected chi connectivity index (χ3v) is 8.94. The molecule has 0 aliphatic heterocycles.